The fraction of sp³-hybridized carbons (Fsp3) is 0.667. The predicted molar refractivity (Wildman–Crippen MR) is 32.7 cm³/mol. The molecule has 1 rings (SSSR count). The van der Waals surface area contributed by atoms with E-state index < -0.39 is 0 Å². The van der Waals surface area contributed by atoms with Crippen LogP contribution in [0.2, 0.25) is 0 Å². The molecule has 0 unspecified atom stereocenters. The SMILES string of the molecule is C=CO.OC1CCC1. The zero-order valence-corrected chi connectivity index (χ0v) is 4.88. The molecule has 0 aromatic heterocycles. The average molecular weight is 116 g/mol. The van der Waals surface area contributed by atoms with E-state index >= 15 is 0 Å². The monoisotopic (exact) mass is 116 g/mol. The van der Waals surface area contributed by atoms with Crippen molar-refractivity contribution in [3.05, 3.63) is 12.8 Å². The molecule has 0 heterocycles. The molecule has 1 saturated carbocycles. The fourth-order valence-corrected chi connectivity index (χ4v) is 0.387. The molecule has 2 nitrogen and oxygen atoms in total. The summed E-state index contributed by atoms with van der Waals surface area (Å²) in [5.41, 5.74) is 0. The van der Waals surface area contributed by atoms with E-state index in [-0.39, 0.29) is 6.10 Å². The summed E-state index contributed by atoms with van der Waals surface area (Å²) in [5, 5.41) is 15.8. The highest BCUT2D eigenvalue weighted by Crippen LogP contribution is 2.16. The van der Waals surface area contributed by atoms with Crippen LogP contribution in [0.3, 0.4) is 0 Å². The molecule has 0 saturated heterocycles. The molecule has 0 spiro atoms. The highest BCUT2D eigenvalue weighted by atomic mass is 16.3. The van der Waals surface area contributed by atoms with Crippen LogP contribution in [0, 0.1) is 0 Å². The van der Waals surface area contributed by atoms with Gasteiger partial charge in [-0.3, -0.25) is 0 Å². The Balaban J connectivity index is 0.000000145. The zero-order valence-electron chi connectivity index (χ0n) is 4.88. The first-order chi connectivity index (χ1) is 3.81. The second kappa shape index (κ2) is 4.65. The molecule has 0 aromatic rings. The van der Waals surface area contributed by atoms with Gasteiger partial charge in [-0.25, -0.2) is 0 Å². The molecule has 2 heteroatoms. The van der Waals surface area contributed by atoms with E-state index in [1.165, 1.54) is 6.42 Å². The molecule has 0 atom stereocenters. The summed E-state index contributed by atoms with van der Waals surface area (Å²) in [7, 11) is 0. The summed E-state index contributed by atoms with van der Waals surface area (Å²) in [4.78, 5) is 0. The topological polar surface area (TPSA) is 40.5 Å². The van der Waals surface area contributed by atoms with Gasteiger partial charge in [-0.15, -0.1) is 0 Å². The number of aliphatic hydroxyl groups excluding tert-OH is 2. The third kappa shape index (κ3) is 3.68. The lowest BCUT2D eigenvalue weighted by Crippen LogP contribution is -2.15. The van der Waals surface area contributed by atoms with Gasteiger partial charge in [0.1, 0.15) is 0 Å². The molecule has 1 aliphatic rings. The quantitative estimate of drug-likeness (QED) is 0.467. The van der Waals surface area contributed by atoms with Crippen molar-refractivity contribution < 1.29 is 10.2 Å². The van der Waals surface area contributed by atoms with Gasteiger partial charge in [0.15, 0.2) is 0 Å². The Morgan fingerprint density at radius 1 is 1.50 bits per heavy atom. The maximum Gasteiger partial charge on any atom is 0.0719 e. The minimum atomic E-state index is 0.0648. The van der Waals surface area contributed by atoms with Gasteiger partial charge in [0.25, 0.3) is 0 Å². The number of hydrogen-bond donors (Lipinski definition) is 2. The summed E-state index contributed by atoms with van der Waals surface area (Å²) in [6, 6.07) is 0. The van der Waals surface area contributed by atoms with Crippen LogP contribution < -0.4 is 0 Å². The highest BCUT2D eigenvalue weighted by Gasteiger charge is 2.11. The summed E-state index contributed by atoms with van der Waals surface area (Å²) in [6.07, 6.45) is 4.14. The number of hydrogen-bond acceptors (Lipinski definition) is 2. The Bertz CT molecular complexity index is 57.5. The molecule has 1 aliphatic carbocycles. The van der Waals surface area contributed by atoms with Gasteiger partial charge in [-0.1, -0.05) is 6.58 Å². The van der Waals surface area contributed by atoms with Gasteiger partial charge >= 0.3 is 0 Å². The van der Waals surface area contributed by atoms with Crippen molar-refractivity contribution >= 4 is 0 Å². The molecule has 8 heavy (non-hydrogen) atoms. The van der Waals surface area contributed by atoms with E-state index in [9.17, 15) is 0 Å². The van der Waals surface area contributed by atoms with E-state index in [0.29, 0.717) is 0 Å². The average Bonchev–Trinajstić information content (AvgIpc) is 1.64. The maximum atomic E-state index is 8.45. The van der Waals surface area contributed by atoms with Crippen LogP contribution in [0.25, 0.3) is 0 Å². The lowest BCUT2D eigenvalue weighted by molar-refractivity contribution is 0.0950. The molecule has 0 radical (unpaired) electrons. The van der Waals surface area contributed by atoms with Gasteiger partial charge < -0.3 is 10.2 Å². The van der Waals surface area contributed by atoms with E-state index in [1.54, 1.807) is 0 Å². The van der Waals surface area contributed by atoms with Crippen molar-refractivity contribution in [3.8, 4) is 0 Å². The van der Waals surface area contributed by atoms with Crippen molar-refractivity contribution in [2.24, 2.45) is 0 Å². The maximum absolute atomic E-state index is 8.45. The molecule has 48 valence electrons. The highest BCUT2D eigenvalue weighted by molar-refractivity contribution is 4.65. The summed E-state index contributed by atoms with van der Waals surface area (Å²) in [6.45, 7) is 2.92. The summed E-state index contributed by atoms with van der Waals surface area (Å²) in [5.74, 6) is 0. The third-order valence-corrected chi connectivity index (χ3v) is 1.07. The molecular formula is C6H12O2. The van der Waals surface area contributed by atoms with Crippen LogP contribution in [0.15, 0.2) is 12.8 Å². The van der Waals surface area contributed by atoms with Crippen molar-refractivity contribution in [1.29, 1.82) is 0 Å². The van der Waals surface area contributed by atoms with Crippen LogP contribution in [-0.2, 0) is 0 Å². The largest absolute Gasteiger partial charge is 0.516 e. The Morgan fingerprint density at radius 2 is 1.75 bits per heavy atom. The molecule has 0 bridgehead atoms. The Hall–Kier alpha value is -0.500. The minimum absolute atomic E-state index is 0.0648. The number of rotatable bonds is 0. The van der Waals surface area contributed by atoms with Gasteiger partial charge in [0.05, 0.1) is 12.4 Å². The molecule has 0 aliphatic heterocycles. The predicted octanol–water partition coefficient (Wildman–Crippen LogP) is 1.22. The van der Waals surface area contributed by atoms with Crippen molar-refractivity contribution in [2.45, 2.75) is 25.4 Å². The zero-order chi connectivity index (χ0) is 6.41. The standard InChI is InChI=1S/C4H8O.C2H4O/c5-4-2-1-3-4;1-2-3/h4-5H,1-3H2;2-3H,1H2. The van der Waals surface area contributed by atoms with Crippen LogP contribution in [0.5, 0.6) is 0 Å². The first kappa shape index (κ1) is 7.50. The van der Waals surface area contributed by atoms with E-state index in [0.717, 1.165) is 19.1 Å². The minimum Gasteiger partial charge on any atom is -0.516 e. The second-order valence-corrected chi connectivity index (χ2v) is 1.77. The molecule has 0 aromatic carbocycles. The molecular weight excluding hydrogens is 104 g/mol. The molecule has 0 amide bonds. The third-order valence-electron chi connectivity index (χ3n) is 1.07. The summed E-state index contributed by atoms with van der Waals surface area (Å²) >= 11 is 0. The lowest BCUT2D eigenvalue weighted by atomic mass is 9.97. The van der Waals surface area contributed by atoms with Gasteiger partial charge in [0.2, 0.25) is 0 Å². The second-order valence-electron chi connectivity index (χ2n) is 1.77. The van der Waals surface area contributed by atoms with Crippen molar-refractivity contribution in [1.82, 2.24) is 0 Å². The lowest BCUT2D eigenvalue weighted by Gasteiger charge is -2.17. The Labute approximate surface area is 49.5 Å². The first-order valence-corrected chi connectivity index (χ1v) is 2.74. The van der Waals surface area contributed by atoms with E-state index in [2.05, 4.69) is 6.58 Å². The Kier molecular flexibility index (Phi) is 4.36. The smallest absolute Gasteiger partial charge is 0.0719 e. The fourth-order valence-electron chi connectivity index (χ4n) is 0.387. The van der Waals surface area contributed by atoms with Gasteiger partial charge in [0, 0.05) is 0 Å². The van der Waals surface area contributed by atoms with Crippen LogP contribution in [0.1, 0.15) is 19.3 Å². The Morgan fingerprint density at radius 3 is 1.75 bits per heavy atom. The van der Waals surface area contributed by atoms with Crippen LogP contribution in [-0.4, -0.2) is 16.3 Å². The number of aliphatic hydroxyl groups is 2. The van der Waals surface area contributed by atoms with Gasteiger partial charge in [-0.2, -0.15) is 0 Å². The normalized spacial score (nSPS) is 17.6. The summed E-state index contributed by atoms with van der Waals surface area (Å²) < 4.78 is 0. The van der Waals surface area contributed by atoms with Crippen molar-refractivity contribution in [3.63, 3.8) is 0 Å². The van der Waals surface area contributed by atoms with Crippen LogP contribution >= 0.6 is 0 Å². The van der Waals surface area contributed by atoms with Crippen LogP contribution in [0.4, 0.5) is 0 Å². The van der Waals surface area contributed by atoms with Gasteiger partial charge in [-0.05, 0) is 19.3 Å². The van der Waals surface area contributed by atoms with E-state index in [4.69, 9.17) is 10.2 Å². The van der Waals surface area contributed by atoms with Crippen molar-refractivity contribution in [2.75, 3.05) is 0 Å². The first-order valence-electron chi connectivity index (χ1n) is 2.74. The molecule has 1 fully saturated rings. The van der Waals surface area contributed by atoms with E-state index in [1.807, 2.05) is 0 Å². The molecule has 2 N–H and O–H groups in total.